The normalized spacial score (nSPS) is 13.7. The Labute approximate surface area is 213 Å². The lowest BCUT2D eigenvalue weighted by atomic mass is 9.77. The maximum atomic E-state index is 12.4. The van der Waals surface area contributed by atoms with Crippen molar-refractivity contribution in [2.45, 2.75) is 25.0 Å². The zero-order valence-corrected chi connectivity index (χ0v) is 22.1. The zero-order valence-electron chi connectivity index (χ0n) is 18.9. The highest BCUT2D eigenvalue weighted by molar-refractivity contribution is 7.90. The number of hydrogen-bond donors (Lipinski definition) is 2. The molecule has 4 rings (SSSR count). The van der Waals surface area contributed by atoms with Gasteiger partial charge in [-0.15, -0.1) is 11.3 Å². The molecular formula is C26H24Cl2N2O2S2. The third kappa shape index (κ3) is 5.01. The largest absolute Gasteiger partial charge is 0.365 e. The summed E-state index contributed by atoms with van der Waals surface area (Å²) in [6.45, 7) is 4.22. The molecule has 1 aromatic heterocycles. The van der Waals surface area contributed by atoms with E-state index in [-0.39, 0.29) is 11.2 Å². The summed E-state index contributed by atoms with van der Waals surface area (Å²) in [6.07, 6.45) is 1.42. The first-order valence-corrected chi connectivity index (χ1v) is 14.2. The van der Waals surface area contributed by atoms with E-state index < -0.39 is 15.6 Å². The van der Waals surface area contributed by atoms with Gasteiger partial charge in [-0.05, 0) is 58.7 Å². The number of carbonyl (C=O) groups excluding carboxylic acids is 1. The van der Waals surface area contributed by atoms with Crippen LogP contribution >= 0.6 is 34.5 Å². The SMILES string of the molecule is CC(C)(c1ccc(Cl)cc1)c1cc(Cl)cc(-c2c(C(N)=O)sc3ccc(CS(C)(=N)=O)cc23)c1. The second-order valence-electron chi connectivity index (χ2n) is 9.01. The first-order chi connectivity index (χ1) is 15.8. The molecule has 0 aliphatic heterocycles. The Morgan fingerprint density at radius 3 is 2.29 bits per heavy atom. The van der Waals surface area contributed by atoms with Gasteiger partial charge in [0.25, 0.3) is 5.91 Å². The molecule has 4 nitrogen and oxygen atoms in total. The second-order valence-corrected chi connectivity index (χ2v) is 13.2. The molecule has 0 aliphatic carbocycles. The smallest absolute Gasteiger partial charge is 0.259 e. The Balaban J connectivity index is 1.94. The molecule has 1 atom stereocenters. The molecule has 0 fully saturated rings. The van der Waals surface area contributed by atoms with Crippen molar-refractivity contribution >= 4 is 60.3 Å². The van der Waals surface area contributed by atoms with Crippen LogP contribution in [0.25, 0.3) is 21.2 Å². The van der Waals surface area contributed by atoms with Crippen LogP contribution in [0.15, 0.2) is 60.7 Å². The van der Waals surface area contributed by atoms with Gasteiger partial charge in [0.15, 0.2) is 0 Å². The van der Waals surface area contributed by atoms with Crippen LogP contribution in [0.2, 0.25) is 10.0 Å². The summed E-state index contributed by atoms with van der Waals surface area (Å²) in [5.41, 5.74) is 9.70. The predicted octanol–water partition coefficient (Wildman–Crippen LogP) is 7.48. The van der Waals surface area contributed by atoms with E-state index in [2.05, 4.69) is 13.8 Å². The molecule has 3 aromatic carbocycles. The number of rotatable bonds is 6. The van der Waals surface area contributed by atoms with Gasteiger partial charge in [-0.1, -0.05) is 61.3 Å². The van der Waals surface area contributed by atoms with Gasteiger partial charge in [-0.2, -0.15) is 0 Å². The molecule has 8 heteroatoms. The topological polar surface area (TPSA) is 84.0 Å². The van der Waals surface area contributed by atoms with E-state index in [1.165, 1.54) is 17.6 Å². The number of nitrogens with one attached hydrogen (secondary N) is 1. The summed E-state index contributed by atoms with van der Waals surface area (Å²) >= 11 is 14.0. The van der Waals surface area contributed by atoms with E-state index in [1.807, 2.05) is 60.7 Å². The molecule has 1 unspecified atom stereocenters. The lowest BCUT2D eigenvalue weighted by molar-refractivity contribution is 0.100. The quantitative estimate of drug-likeness (QED) is 0.270. The number of benzene rings is 3. The number of primary amides is 1. The van der Waals surface area contributed by atoms with Gasteiger partial charge in [0.05, 0.1) is 5.75 Å². The molecule has 0 saturated heterocycles. The molecule has 0 bridgehead atoms. The van der Waals surface area contributed by atoms with Crippen molar-refractivity contribution in [3.8, 4) is 11.1 Å². The predicted molar refractivity (Wildman–Crippen MR) is 145 cm³/mol. The molecule has 0 aliphatic rings. The highest BCUT2D eigenvalue weighted by atomic mass is 35.5. The Kier molecular flexibility index (Phi) is 6.55. The van der Waals surface area contributed by atoms with E-state index in [1.54, 1.807) is 0 Å². The number of thiophene rings is 1. The van der Waals surface area contributed by atoms with Crippen molar-refractivity contribution in [3.63, 3.8) is 0 Å². The molecule has 176 valence electrons. The maximum absolute atomic E-state index is 12.4. The Morgan fingerprint density at radius 2 is 1.68 bits per heavy atom. The van der Waals surface area contributed by atoms with E-state index in [9.17, 15) is 9.00 Å². The van der Waals surface area contributed by atoms with Crippen LogP contribution in [0, 0.1) is 4.78 Å². The van der Waals surface area contributed by atoms with Gasteiger partial charge in [-0.3, -0.25) is 9.57 Å². The zero-order chi connectivity index (χ0) is 24.8. The highest BCUT2D eigenvalue weighted by Crippen LogP contribution is 2.42. The second kappa shape index (κ2) is 9.00. The van der Waals surface area contributed by atoms with Crippen LogP contribution in [-0.4, -0.2) is 16.4 Å². The fraction of sp³-hybridized carbons (Fsp3) is 0.192. The Bertz CT molecular complexity index is 1520. The van der Waals surface area contributed by atoms with Gasteiger partial charge in [-0.25, -0.2) is 4.21 Å². The average molecular weight is 532 g/mol. The summed E-state index contributed by atoms with van der Waals surface area (Å²) in [5, 5.41) is 2.04. The molecule has 3 N–H and O–H groups in total. The van der Waals surface area contributed by atoms with Crippen LogP contribution in [0.5, 0.6) is 0 Å². The van der Waals surface area contributed by atoms with Gasteiger partial charge in [0.2, 0.25) is 0 Å². The Hall–Kier alpha value is -2.38. The third-order valence-corrected chi connectivity index (χ3v) is 8.43. The summed E-state index contributed by atoms with van der Waals surface area (Å²) in [6, 6.07) is 19.1. The average Bonchev–Trinajstić information content (AvgIpc) is 3.11. The molecular weight excluding hydrogens is 507 g/mol. The van der Waals surface area contributed by atoms with Gasteiger partial charge in [0, 0.05) is 47.1 Å². The van der Waals surface area contributed by atoms with E-state index in [0.717, 1.165) is 32.3 Å². The summed E-state index contributed by atoms with van der Waals surface area (Å²) in [4.78, 5) is 12.8. The molecule has 34 heavy (non-hydrogen) atoms. The molecule has 1 amide bonds. The van der Waals surface area contributed by atoms with Gasteiger partial charge >= 0.3 is 0 Å². The van der Waals surface area contributed by atoms with Crippen molar-refractivity contribution in [1.29, 1.82) is 4.78 Å². The Morgan fingerprint density at radius 1 is 1.00 bits per heavy atom. The van der Waals surface area contributed by atoms with Crippen LogP contribution in [0.3, 0.4) is 0 Å². The van der Waals surface area contributed by atoms with E-state index >= 15 is 0 Å². The highest BCUT2D eigenvalue weighted by Gasteiger charge is 2.26. The third-order valence-electron chi connectivity index (χ3n) is 5.89. The number of halogens is 2. The minimum atomic E-state index is -2.72. The van der Waals surface area contributed by atoms with Gasteiger partial charge < -0.3 is 5.73 Å². The lowest BCUT2D eigenvalue weighted by Gasteiger charge is -2.27. The van der Waals surface area contributed by atoms with Crippen LogP contribution in [0.4, 0.5) is 0 Å². The first-order valence-electron chi connectivity index (χ1n) is 10.5. The van der Waals surface area contributed by atoms with Crippen LogP contribution in [0.1, 0.15) is 40.2 Å². The fourth-order valence-corrected chi connectivity index (χ4v) is 6.37. The van der Waals surface area contributed by atoms with Crippen LogP contribution < -0.4 is 5.73 Å². The molecule has 0 radical (unpaired) electrons. The monoisotopic (exact) mass is 530 g/mol. The number of fused-ring (bicyclic) bond motifs is 1. The number of hydrogen-bond acceptors (Lipinski definition) is 4. The maximum Gasteiger partial charge on any atom is 0.259 e. The van der Waals surface area contributed by atoms with E-state index in [4.69, 9.17) is 33.7 Å². The minimum absolute atomic E-state index is 0.133. The van der Waals surface area contributed by atoms with Crippen molar-refractivity contribution in [2.75, 3.05) is 6.26 Å². The fourth-order valence-electron chi connectivity index (χ4n) is 4.14. The summed E-state index contributed by atoms with van der Waals surface area (Å²) in [7, 11) is -2.72. The van der Waals surface area contributed by atoms with Crippen LogP contribution in [-0.2, 0) is 20.9 Å². The van der Waals surface area contributed by atoms with E-state index in [0.29, 0.717) is 20.5 Å². The molecule has 0 spiro atoms. The van der Waals surface area contributed by atoms with Crippen molar-refractivity contribution < 1.29 is 9.00 Å². The van der Waals surface area contributed by atoms with Crippen molar-refractivity contribution in [2.24, 2.45) is 5.73 Å². The summed E-state index contributed by atoms with van der Waals surface area (Å²) < 4.78 is 20.8. The first kappa shape index (κ1) is 24.7. The number of carbonyl (C=O) groups is 1. The standard InChI is InChI=1S/C26H24Cl2N2O2S2/c1-26(2,17-5-7-19(27)8-6-17)18-11-16(12-20(28)13-18)23-21-10-15(14-34(3,30)32)4-9-22(21)33-24(23)25(29)31/h4-13,30H,14H2,1-3H3,(H2,29,31). The lowest BCUT2D eigenvalue weighted by Crippen LogP contribution is -2.19. The van der Waals surface area contributed by atoms with Crippen molar-refractivity contribution in [1.82, 2.24) is 0 Å². The summed E-state index contributed by atoms with van der Waals surface area (Å²) in [5.74, 6) is -0.384. The number of amides is 1. The van der Waals surface area contributed by atoms with Crippen molar-refractivity contribution in [3.05, 3.63) is 92.3 Å². The molecule has 0 saturated carbocycles. The molecule has 4 aromatic rings. The number of nitrogens with two attached hydrogens (primary N) is 1. The van der Waals surface area contributed by atoms with Gasteiger partial charge in [0.1, 0.15) is 4.88 Å². The molecule has 1 heterocycles. The minimum Gasteiger partial charge on any atom is -0.365 e.